The third kappa shape index (κ3) is 6.51. The predicted octanol–water partition coefficient (Wildman–Crippen LogP) is 4.79. The zero-order valence-corrected chi connectivity index (χ0v) is 24.2. The van der Waals surface area contributed by atoms with Crippen LogP contribution < -0.4 is 25.7 Å². The molecule has 0 radical (unpaired) electrons. The second-order valence-electron chi connectivity index (χ2n) is 9.43. The van der Waals surface area contributed by atoms with Crippen LogP contribution in [0.4, 0.5) is 5.69 Å². The molecular weight excluding hydrogens is 528 g/mol. The van der Waals surface area contributed by atoms with Gasteiger partial charge in [-0.2, -0.15) is 0 Å². The van der Waals surface area contributed by atoms with Gasteiger partial charge in [-0.1, -0.05) is 23.8 Å². The van der Waals surface area contributed by atoms with Crippen molar-refractivity contribution in [2.24, 2.45) is 0 Å². The van der Waals surface area contributed by atoms with Crippen molar-refractivity contribution in [1.29, 1.82) is 0 Å². The van der Waals surface area contributed by atoms with E-state index in [0.717, 1.165) is 16.7 Å². The van der Waals surface area contributed by atoms with Gasteiger partial charge in [0.15, 0.2) is 11.5 Å². The summed E-state index contributed by atoms with van der Waals surface area (Å²) in [5.74, 6) is 0.763. The minimum atomic E-state index is -0.354. The first-order valence-corrected chi connectivity index (χ1v) is 14.1. The number of anilines is 1. The summed E-state index contributed by atoms with van der Waals surface area (Å²) in [4.78, 5) is 44.2. The number of benzene rings is 2. The molecule has 0 aliphatic carbocycles. The number of aryl methyl sites for hydroxylation is 3. The predicted molar refractivity (Wildman–Crippen MR) is 158 cm³/mol. The lowest BCUT2D eigenvalue weighted by Gasteiger charge is -2.13. The van der Waals surface area contributed by atoms with Crippen LogP contribution in [0.3, 0.4) is 0 Å². The van der Waals surface area contributed by atoms with Crippen molar-refractivity contribution in [3.05, 3.63) is 80.2 Å². The number of ether oxygens (including phenoxy) is 2. The standard InChI is InChI=1S/C30H34N4O5S/c1-6-38-23-11-9-21(15-24(23)39-7-2)12-13-31-25(35)16-34-17-32-29-26(30(34)37)20(5)27(40-29)28(36)33-22-10-8-18(3)14-19(22)4/h8-11,14-15,17H,6-7,12-13,16H2,1-5H3,(H,31,35)(H,33,36). The van der Waals surface area contributed by atoms with Crippen LogP contribution in [0.1, 0.15) is 45.8 Å². The van der Waals surface area contributed by atoms with Gasteiger partial charge in [-0.3, -0.25) is 19.0 Å². The monoisotopic (exact) mass is 562 g/mol. The van der Waals surface area contributed by atoms with Crippen molar-refractivity contribution in [1.82, 2.24) is 14.9 Å². The van der Waals surface area contributed by atoms with Gasteiger partial charge < -0.3 is 20.1 Å². The Morgan fingerprint density at radius 1 is 1.00 bits per heavy atom. The van der Waals surface area contributed by atoms with E-state index in [9.17, 15) is 14.4 Å². The fraction of sp³-hybridized carbons (Fsp3) is 0.333. The smallest absolute Gasteiger partial charge is 0.266 e. The van der Waals surface area contributed by atoms with Crippen molar-refractivity contribution >= 4 is 39.1 Å². The Hall–Kier alpha value is -4.18. The van der Waals surface area contributed by atoms with E-state index < -0.39 is 0 Å². The summed E-state index contributed by atoms with van der Waals surface area (Å²) in [7, 11) is 0. The number of hydrogen-bond acceptors (Lipinski definition) is 7. The summed E-state index contributed by atoms with van der Waals surface area (Å²) in [6.45, 7) is 10.8. The van der Waals surface area contributed by atoms with E-state index in [4.69, 9.17) is 9.47 Å². The van der Waals surface area contributed by atoms with E-state index in [0.29, 0.717) is 64.0 Å². The fourth-order valence-corrected chi connectivity index (χ4v) is 5.46. The van der Waals surface area contributed by atoms with E-state index in [1.54, 1.807) is 6.92 Å². The molecule has 4 rings (SSSR count). The van der Waals surface area contributed by atoms with Crippen molar-refractivity contribution in [2.75, 3.05) is 25.1 Å². The van der Waals surface area contributed by atoms with Crippen LogP contribution in [0, 0.1) is 20.8 Å². The lowest BCUT2D eigenvalue weighted by atomic mass is 10.1. The summed E-state index contributed by atoms with van der Waals surface area (Å²) in [6, 6.07) is 11.5. The van der Waals surface area contributed by atoms with E-state index in [1.165, 1.54) is 22.2 Å². The number of amides is 2. The average molecular weight is 563 g/mol. The van der Waals surface area contributed by atoms with Gasteiger partial charge in [0.05, 0.1) is 29.8 Å². The molecule has 4 aromatic rings. The number of nitrogens with zero attached hydrogens (tertiary/aromatic N) is 2. The first-order chi connectivity index (χ1) is 19.2. The Kier molecular flexibility index (Phi) is 9.21. The van der Waals surface area contributed by atoms with Crippen molar-refractivity contribution < 1.29 is 19.1 Å². The van der Waals surface area contributed by atoms with Gasteiger partial charge in [-0.15, -0.1) is 11.3 Å². The molecule has 0 unspecified atom stereocenters. The molecule has 0 spiro atoms. The largest absolute Gasteiger partial charge is 0.490 e. The molecular formula is C30H34N4O5S. The zero-order valence-electron chi connectivity index (χ0n) is 23.4. The molecule has 210 valence electrons. The van der Waals surface area contributed by atoms with Gasteiger partial charge in [-0.05, 0) is 75.9 Å². The van der Waals surface area contributed by atoms with Crippen molar-refractivity contribution in [2.45, 2.75) is 47.6 Å². The Morgan fingerprint density at radius 2 is 1.75 bits per heavy atom. The van der Waals surface area contributed by atoms with Crippen LogP contribution in [-0.2, 0) is 17.8 Å². The highest BCUT2D eigenvalue weighted by Crippen LogP contribution is 2.29. The Labute approximate surface area is 237 Å². The molecule has 2 N–H and O–H groups in total. The molecule has 0 saturated carbocycles. The van der Waals surface area contributed by atoms with E-state index in [2.05, 4.69) is 15.6 Å². The van der Waals surface area contributed by atoms with Crippen molar-refractivity contribution in [3.8, 4) is 11.5 Å². The first kappa shape index (κ1) is 28.8. The van der Waals surface area contributed by atoms with E-state index in [-0.39, 0.29) is 23.9 Å². The fourth-order valence-electron chi connectivity index (χ4n) is 4.43. The normalized spacial score (nSPS) is 10.9. The number of rotatable bonds is 11. The first-order valence-electron chi connectivity index (χ1n) is 13.2. The average Bonchev–Trinajstić information content (AvgIpc) is 3.26. The second-order valence-corrected chi connectivity index (χ2v) is 10.4. The second kappa shape index (κ2) is 12.8. The van der Waals surface area contributed by atoms with Crippen LogP contribution in [0.25, 0.3) is 10.2 Å². The number of carbonyl (C=O) groups is 2. The van der Waals surface area contributed by atoms with Gasteiger partial charge >= 0.3 is 0 Å². The highest BCUT2D eigenvalue weighted by molar-refractivity contribution is 7.20. The summed E-state index contributed by atoms with van der Waals surface area (Å²) >= 11 is 1.17. The van der Waals surface area contributed by atoms with Gasteiger partial charge in [-0.25, -0.2) is 4.98 Å². The molecule has 0 atom stereocenters. The maximum Gasteiger partial charge on any atom is 0.266 e. The molecule has 0 bridgehead atoms. The van der Waals surface area contributed by atoms with E-state index >= 15 is 0 Å². The number of nitrogens with one attached hydrogen (secondary N) is 2. The highest BCUT2D eigenvalue weighted by atomic mass is 32.1. The van der Waals surface area contributed by atoms with Gasteiger partial charge in [0.25, 0.3) is 11.5 Å². The molecule has 2 aromatic heterocycles. The van der Waals surface area contributed by atoms with Gasteiger partial charge in [0, 0.05) is 12.2 Å². The molecule has 0 saturated heterocycles. The van der Waals surface area contributed by atoms with Crippen LogP contribution >= 0.6 is 11.3 Å². The topological polar surface area (TPSA) is 112 Å². The maximum atomic E-state index is 13.2. The highest BCUT2D eigenvalue weighted by Gasteiger charge is 2.20. The number of fused-ring (bicyclic) bond motifs is 1. The minimum Gasteiger partial charge on any atom is -0.490 e. The molecule has 2 heterocycles. The lowest BCUT2D eigenvalue weighted by molar-refractivity contribution is -0.121. The summed E-state index contributed by atoms with van der Waals surface area (Å²) < 4.78 is 12.5. The molecule has 2 aromatic carbocycles. The summed E-state index contributed by atoms with van der Waals surface area (Å²) in [5.41, 5.74) is 3.97. The van der Waals surface area contributed by atoms with Crippen LogP contribution in [0.2, 0.25) is 0 Å². The quantitative estimate of drug-likeness (QED) is 0.272. The van der Waals surface area contributed by atoms with Crippen LogP contribution in [0.5, 0.6) is 11.5 Å². The molecule has 0 aliphatic rings. The Morgan fingerprint density at radius 3 is 2.48 bits per heavy atom. The molecule has 10 heteroatoms. The number of thiophene rings is 1. The van der Waals surface area contributed by atoms with Crippen molar-refractivity contribution in [3.63, 3.8) is 0 Å². The van der Waals surface area contributed by atoms with Crippen LogP contribution in [0.15, 0.2) is 47.5 Å². The zero-order chi connectivity index (χ0) is 28.8. The third-order valence-corrected chi connectivity index (χ3v) is 7.61. The molecule has 40 heavy (non-hydrogen) atoms. The van der Waals surface area contributed by atoms with Crippen LogP contribution in [-0.4, -0.2) is 41.1 Å². The van der Waals surface area contributed by atoms with Gasteiger partial charge in [0.2, 0.25) is 5.91 Å². The van der Waals surface area contributed by atoms with E-state index in [1.807, 2.05) is 64.1 Å². The number of hydrogen-bond donors (Lipinski definition) is 2. The molecule has 2 amide bonds. The van der Waals surface area contributed by atoms with Gasteiger partial charge in [0.1, 0.15) is 11.4 Å². The lowest BCUT2D eigenvalue weighted by Crippen LogP contribution is -2.33. The Bertz CT molecular complexity index is 1610. The molecule has 0 aliphatic heterocycles. The third-order valence-electron chi connectivity index (χ3n) is 6.41. The maximum absolute atomic E-state index is 13.2. The molecule has 9 nitrogen and oxygen atoms in total. The molecule has 0 fully saturated rings. The SMILES string of the molecule is CCOc1ccc(CCNC(=O)Cn2cnc3sc(C(=O)Nc4ccc(C)cc4C)c(C)c3c2=O)cc1OCC. The minimum absolute atomic E-state index is 0.172. The summed E-state index contributed by atoms with van der Waals surface area (Å²) in [5, 5.41) is 6.15. The summed E-state index contributed by atoms with van der Waals surface area (Å²) in [6.07, 6.45) is 1.94. The number of aromatic nitrogens is 2. The Balaban J connectivity index is 1.42. The number of carbonyl (C=O) groups excluding carboxylic acids is 2.